The molecule has 138 valence electrons. The van der Waals surface area contributed by atoms with Crippen LogP contribution in [0.3, 0.4) is 0 Å². The van der Waals surface area contributed by atoms with E-state index in [0.29, 0.717) is 0 Å². The third-order valence-electron chi connectivity index (χ3n) is 3.81. The number of carbonyl (C=O) groups is 1. The molecule has 2 aromatic rings. The molecule has 0 saturated carbocycles. The van der Waals surface area contributed by atoms with E-state index in [2.05, 4.69) is 10.6 Å². The molecular weight excluding hydrogens is 361 g/mol. The van der Waals surface area contributed by atoms with Crippen LogP contribution in [0.5, 0.6) is 0 Å². The molecule has 0 aliphatic heterocycles. The number of anilines is 1. The number of halogens is 2. The molecule has 2 N–H and O–H groups in total. The van der Waals surface area contributed by atoms with Crippen LogP contribution >= 0.6 is 11.6 Å². The Bertz CT molecular complexity index is 797. The zero-order valence-corrected chi connectivity index (χ0v) is 15.1. The van der Waals surface area contributed by atoms with Gasteiger partial charge in [0.15, 0.2) is 0 Å². The van der Waals surface area contributed by atoms with E-state index in [9.17, 15) is 19.3 Å². The van der Waals surface area contributed by atoms with E-state index in [1.807, 2.05) is 13.8 Å². The Labute approximate surface area is 155 Å². The van der Waals surface area contributed by atoms with Crippen LogP contribution in [-0.4, -0.2) is 17.4 Å². The second-order valence-electron chi connectivity index (χ2n) is 6.12. The third kappa shape index (κ3) is 5.24. The van der Waals surface area contributed by atoms with Gasteiger partial charge in [-0.05, 0) is 35.7 Å². The van der Waals surface area contributed by atoms with E-state index in [-0.39, 0.29) is 40.7 Å². The van der Waals surface area contributed by atoms with Crippen LogP contribution in [0.4, 0.5) is 15.8 Å². The summed E-state index contributed by atoms with van der Waals surface area (Å²) in [7, 11) is 0. The summed E-state index contributed by atoms with van der Waals surface area (Å²) in [6.07, 6.45) is 0. The second-order valence-corrected chi connectivity index (χ2v) is 6.56. The Balaban J connectivity index is 2.06. The molecule has 0 saturated heterocycles. The van der Waals surface area contributed by atoms with Gasteiger partial charge in [0.1, 0.15) is 11.5 Å². The number of hydrogen-bond acceptors (Lipinski definition) is 4. The van der Waals surface area contributed by atoms with E-state index >= 15 is 0 Å². The zero-order valence-electron chi connectivity index (χ0n) is 14.3. The lowest BCUT2D eigenvalue weighted by molar-refractivity contribution is -0.383. The van der Waals surface area contributed by atoms with Crippen molar-refractivity contribution in [2.45, 2.75) is 19.9 Å². The first-order chi connectivity index (χ1) is 12.3. The average Bonchev–Trinajstić information content (AvgIpc) is 2.56. The maximum atomic E-state index is 13.1. The van der Waals surface area contributed by atoms with Crippen LogP contribution in [-0.2, 0) is 4.79 Å². The molecule has 2 rings (SSSR count). The Kier molecular flexibility index (Phi) is 6.65. The van der Waals surface area contributed by atoms with Gasteiger partial charge in [0, 0.05) is 17.1 Å². The molecule has 0 radical (unpaired) electrons. The van der Waals surface area contributed by atoms with Crippen LogP contribution in [0.1, 0.15) is 25.5 Å². The van der Waals surface area contributed by atoms with Crippen molar-refractivity contribution >= 4 is 28.9 Å². The van der Waals surface area contributed by atoms with Gasteiger partial charge in [0.2, 0.25) is 5.91 Å². The molecule has 0 unspecified atom stereocenters. The number of hydrogen-bond donors (Lipinski definition) is 2. The van der Waals surface area contributed by atoms with Crippen LogP contribution in [0.2, 0.25) is 5.02 Å². The highest BCUT2D eigenvalue weighted by Gasteiger charge is 2.19. The van der Waals surface area contributed by atoms with Gasteiger partial charge in [-0.15, -0.1) is 0 Å². The predicted molar refractivity (Wildman–Crippen MR) is 98.7 cm³/mol. The number of nitrogens with one attached hydrogen (secondary N) is 2. The van der Waals surface area contributed by atoms with Gasteiger partial charge in [-0.2, -0.15) is 0 Å². The fourth-order valence-electron chi connectivity index (χ4n) is 2.57. The highest BCUT2D eigenvalue weighted by atomic mass is 35.5. The smallest absolute Gasteiger partial charge is 0.292 e. The SMILES string of the molecule is CC(C)[C@@H](NCC(=O)Nc1cc(Cl)ccc1[N+](=O)[O-])c1ccc(F)cc1. The second kappa shape index (κ2) is 8.73. The van der Waals surface area contributed by atoms with Crippen LogP contribution in [0, 0.1) is 21.8 Å². The summed E-state index contributed by atoms with van der Waals surface area (Å²) >= 11 is 5.85. The Morgan fingerprint density at radius 2 is 1.88 bits per heavy atom. The van der Waals surface area contributed by atoms with Gasteiger partial charge in [-0.3, -0.25) is 14.9 Å². The van der Waals surface area contributed by atoms with Crippen molar-refractivity contribution in [3.63, 3.8) is 0 Å². The van der Waals surface area contributed by atoms with Crippen molar-refractivity contribution in [1.29, 1.82) is 0 Å². The molecular formula is C18H19ClFN3O3. The molecule has 0 fully saturated rings. The minimum absolute atomic E-state index is 0.0391. The number of benzene rings is 2. The largest absolute Gasteiger partial charge is 0.319 e. The maximum absolute atomic E-state index is 13.1. The standard InChI is InChI=1S/C18H19ClFN3O3/c1-11(2)18(12-3-6-14(20)7-4-12)21-10-17(24)22-15-9-13(19)5-8-16(15)23(25)26/h3-9,11,18,21H,10H2,1-2H3,(H,22,24)/t18-/m1/s1. The summed E-state index contributed by atoms with van der Waals surface area (Å²) in [4.78, 5) is 22.7. The molecule has 8 heteroatoms. The van der Waals surface area contributed by atoms with Crippen LogP contribution in [0.15, 0.2) is 42.5 Å². The van der Waals surface area contributed by atoms with E-state index < -0.39 is 10.8 Å². The number of carbonyl (C=O) groups excluding carboxylic acids is 1. The molecule has 0 spiro atoms. The first kappa shape index (κ1) is 19.8. The highest BCUT2D eigenvalue weighted by molar-refractivity contribution is 6.31. The summed E-state index contributed by atoms with van der Waals surface area (Å²) < 4.78 is 13.1. The molecule has 1 amide bonds. The molecule has 0 aliphatic rings. The minimum atomic E-state index is -0.588. The van der Waals surface area contributed by atoms with Gasteiger partial charge in [-0.1, -0.05) is 37.6 Å². The van der Waals surface area contributed by atoms with E-state index in [4.69, 9.17) is 11.6 Å². The molecule has 6 nitrogen and oxygen atoms in total. The normalized spacial score (nSPS) is 12.0. The number of rotatable bonds is 7. The molecule has 0 aromatic heterocycles. The van der Waals surface area contributed by atoms with E-state index in [1.54, 1.807) is 12.1 Å². The Hall–Kier alpha value is -2.51. The van der Waals surface area contributed by atoms with Gasteiger partial charge in [0.05, 0.1) is 11.5 Å². The maximum Gasteiger partial charge on any atom is 0.292 e. The van der Waals surface area contributed by atoms with E-state index in [0.717, 1.165) is 5.56 Å². The summed E-state index contributed by atoms with van der Waals surface area (Å²) in [6.45, 7) is 3.88. The van der Waals surface area contributed by atoms with Crippen molar-refractivity contribution < 1.29 is 14.1 Å². The van der Waals surface area contributed by atoms with Crippen molar-refractivity contribution in [3.8, 4) is 0 Å². The molecule has 0 aliphatic carbocycles. The van der Waals surface area contributed by atoms with E-state index in [1.165, 1.54) is 30.3 Å². The van der Waals surface area contributed by atoms with Crippen LogP contribution in [0.25, 0.3) is 0 Å². The fourth-order valence-corrected chi connectivity index (χ4v) is 2.75. The number of nitrogens with zero attached hydrogens (tertiary/aromatic N) is 1. The van der Waals surface area contributed by atoms with Gasteiger partial charge >= 0.3 is 0 Å². The predicted octanol–water partition coefficient (Wildman–Crippen LogP) is 4.31. The number of nitro groups is 1. The summed E-state index contributed by atoms with van der Waals surface area (Å²) in [5, 5.41) is 16.9. The topological polar surface area (TPSA) is 84.3 Å². The molecule has 0 bridgehead atoms. The monoisotopic (exact) mass is 379 g/mol. The highest BCUT2D eigenvalue weighted by Crippen LogP contribution is 2.27. The number of nitro benzene ring substituents is 1. The fraction of sp³-hybridized carbons (Fsp3) is 0.278. The van der Waals surface area contributed by atoms with Crippen molar-refractivity contribution in [3.05, 3.63) is 69.0 Å². The summed E-state index contributed by atoms with van der Waals surface area (Å²) in [5.74, 6) is -0.626. The first-order valence-electron chi connectivity index (χ1n) is 8.00. The van der Waals surface area contributed by atoms with Crippen LogP contribution < -0.4 is 10.6 Å². The third-order valence-corrected chi connectivity index (χ3v) is 4.04. The molecule has 26 heavy (non-hydrogen) atoms. The van der Waals surface area contributed by atoms with Gasteiger partial charge < -0.3 is 10.6 Å². The molecule has 2 aromatic carbocycles. The summed E-state index contributed by atoms with van der Waals surface area (Å²) in [5.41, 5.74) is 0.654. The molecule has 1 atom stereocenters. The lowest BCUT2D eigenvalue weighted by Crippen LogP contribution is -2.33. The minimum Gasteiger partial charge on any atom is -0.319 e. The first-order valence-corrected chi connectivity index (χ1v) is 8.38. The van der Waals surface area contributed by atoms with Crippen molar-refractivity contribution in [2.24, 2.45) is 5.92 Å². The molecule has 0 heterocycles. The Morgan fingerprint density at radius 3 is 2.46 bits per heavy atom. The lowest BCUT2D eigenvalue weighted by atomic mass is 9.96. The lowest BCUT2D eigenvalue weighted by Gasteiger charge is -2.22. The summed E-state index contributed by atoms with van der Waals surface area (Å²) in [6, 6.07) is 9.83. The Morgan fingerprint density at radius 1 is 1.23 bits per heavy atom. The van der Waals surface area contributed by atoms with Crippen molar-refractivity contribution in [2.75, 3.05) is 11.9 Å². The zero-order chi connectivity index (χ0) is 19.3. The van der Waals surface area contributed by atoms with Gasteiger partial charge in [0.25, 0.3) is 5.69 Å². The number of amides is 1. The van der Waals surface area contributed by atoms with Gasteiger partial charge in [-0.25, -0.2) is 4.39 Å². The quantitative estimate of drug-likeness (QED) is 0.554. The van der Waals surface area contributed by atoms with Crippen molar-refractivity contribution in [1.82, 2.24) is 5.32 Å². The average molecular weight is 380 g/mol.